The van der Waals surface area contributed by atoms with Crippen molar-refractivity contribution < 1.29 is 9.31 Å². The van der Waals surface area contributed by atoms with Crippen LogP contribution in [-0.2, 0) is 6.16 Å². The Morgan fingerprint density at radius 3 is 1.50 bits per heavy atom. The maximum Gasteiger partial charge on any atom is 0.279 e. The molecular weight excluding hydrogens is 396 g/mol. The molecule has 0 N–H and O–H groups in total. The monoisotopic (exact) mass is 416 g/mol. The molecule has 0 aliphatic carbocycles. The van der Waals surface area contributed by atoms with Crippen LogP contribution in [0.5, 0.6) is 0 Å². The number of hydrogen-bond donors (Lipinski definition) is 0. The zero-order valence-corrected chi connectivity index (χ0v) is 17.1. The third-order valence-electron chi connectivity index (χ3n) is 5.28. The summed E-state index contributed by atoms with van der Waals surface area (Å²) >= 11 is 0. The molecule has 0 saturated heterocycles. The lowest BCUT2D eigenvalue weighted by molar-refractivity contribution is -0.385. The zero-order valence-electron chi connectivity index (χ0n) is 16.2. The Morgan fingerprint density at radius 1 is 0.667 bits per heavy atom. The molecule has 4 aromatic carbocycles. The molecule has 0 aromatic heterocycles. The molecule has 148 valence electrons. The minimum absolute atomic E-state index is 0.146. The van der Waals surface area contributed by atoms with Gasteiger partial charge in [0.1, 0.15) is 40.7 Å². The lowest BCUT2D eigenvalue weighted by Gasteiger charge is -2.27. The van der Waals surface area contributed by atoms with E-state index in [1.807, 2.05) is 91.0 Å². The Balaban J connectivity index is 2.06. The fraction of sp³-hybridized carbons (Fsp3) is 0.0400. The molecule has 0 fully saturated rings. The summed E-state index contributed by atoms with van der Waals surface area (Å²) in [4.78, 5) is 11.2. The summed E-state index contributed by atoms with van der Waals surface area (Å²) in [6.45, 7) is 0. The molecule has 30 heavy (non-hydrogen) atoms. The van der Waals surface area contributed by atoms with E-state index in [4.69, 9.17) is 0 Å². The van der Waals surface area contributed by atoms with Gasteiger partial charge in [0.05, 0.1) is 4.92 Å². The lowest BCUT2D eigenvalue weighted by Crippen LogP contribution is -2.32. The van der Waals surface area contributed by atoms with Crippen molar-refractivity contribution in [1.82, 2.24) is 0 Å². The molecule has 5 heteroatoms. The predicted octanol–water partition coefficient (Wildman–Crippen LogP) is 5.23. The lowest BCUT2D eigenvalue weighted by atomic mass is 10.2. The van der Waals surface area contributed by atoms with Crippen molar-refractivity contribution in [3.05, 3.63) is 131 Å². The highest BCUT2D eigenvalue weighted by Gasteiger charge is 2.47. The molecular formula is C25H20FNO2P+. The molecule has 0 unspecified atom stereocenters. The van der Waals surface area contributed by atoms with Crippen LogP contribution in [0.1, 0.15) is 5.56 Å². The Hall–Kier alpha value is -3.36. The zero-order chi connectivity index (χ0) is 21.0. The Kier molecular flexibility index (Phi) is 5.69. The molecule has 0 amide bonds. The van der Waals surface area contributed by atoms with Gasteiger partial charge in [-0.15, -0.1) is 0 Å². The summed E-state index contributed by atoms with van der Waals surface area (Å²) in [6.07, 6.45) is 0.230. The van der Waals surface area contributed by atoms with E-state index in [2.05, 4.69) is 0 Å². The maximum absolute atomic E-state index is 15.0. The van der Waals surface area contributed by atoms with Gasteiger partial charge in [-0.25, -0.2) is 4.39 Å². The van der Waals surface area contributed by atoms with E-state index in [0.29, 0.717) is 0 Å². The maximum atomic E-state index is 15.0. The van der Waals surface area contributed by atoms with Gasteiger partial charge in [0.15, 0.2) is 0 Å². The number of nitro benzene ring substituents is 1. The van der Waals surface area contributed by atoms with Crippen LogP contribution in [0.25, 0.3) is 0 Å². The van der Waals surface area contributed by atoms with Crippen molar-refractivity contribution in [2.24, 2.45) is 0 Å². The fourth-order valence-electron chi connectivity index (χ4n) is 3.88. The van der Waals surface area contributed by atoms with Crippen LogP contribution in [0.15, 0.2) is 109 Å². The minimum Gasteiger partial charge on any atom is -0.258 e. The first kappa shape index (κ1) is 19.9. The average Bonchev–Trinajstić information content (AvgIpc) is 2.80. The SMILES string of the molecule is O=[N+]([O-])c1cccc(F)c1C[P+](c1ccccc1)(c1ccccc1)c1ccccc1. The Labute approximate surface area is 175 Å². The number of halogens is 1. The van der Waals surface area contributed by atoms with Crippen LogP contribution in [0, 0.1) is 15.9 Å². The second-order valence-electron chi connectivity index (χ2n) is 6.97. The summed E-state index contributed by atoms with van der Waals surface area (Å²) in [5.74, 6) is -0.545. The minimum atomic E-state index is -2.41. The van der Waals surface area contributed by atoms with Gasteiger partial charge in [0.25, 0.3) is 5.69 Å². The normalized spacial score (nSPS) is 11.2. The van der Waals surface area contributed by atoms with Gasteiger partial charge in [-0.2, -0.15) is 0 Å². The Morgan fingerprint density at radius 2 is 1.10 bits per heavy atom. The first-order chi connectivity index (χ1) is 14.6. The van der Waals surface area contributed by atoms with Crippen LogP contribution in [0.3, 0.4) is 0 Å². The molecule has 0 radical (unpaired) electrons. The molecule has 0 aliphatic rings. The summed E-state index contributed by atoms with van der Waals surface area (Å²) in [5, 5.41) is 14.9. The topological polar surface area (TPSA) is 43.1 Å². The summed E-state index contributed by atoms with van der Waals surface area (Å²) in [5.41, 5.74) is -0.0328. The van der Waals surface area contributed by atoms with Crippen molar-refractivity contribution in [2.45, 2.75) is 6.16 Å². The highest BCUT2D eigenvalue weighted by molar-refractivity contribution is 7.95. The number of hydrogen-bond acceptors (Lipinski definition) is 2. The van der Waals surface area contributed by atoms with Gasteiger partial charge in [-0.05, 0) is 42.5 Å². The van der Waals surface area contributed by atoms with Crippen LogP contribution < -0.4 is 15.9 Å². The highest BCUT2D eigenvalue weighted by atomic mass is 31.2. The van der Waals surface area contributed by atoms with E-state index in [-0.39, 0.29) is 17.4 Å². The van der Waals surface area contributed by atoms with Crippen LogP contribution in [-0.4, -0.2) is 4.92 Å². The third-order valence-corrected chi connectivity index (χ3v) is 9.61. The molecule has 0 heterocycles. The fourth-order valence-corrected chi connectivity index (χ4v) is 8.15. The Bertz CT molecular complexity index is 1050. The van der Waals surface area contributed by atoms with Crippen LogP contribution in [0.4, 0.5) is 10.1 Å². The highest BCUT2D eigenvalue weighted by Crippen LogP contribution is 2.59. The van der Waals surface area contributed by atoms with Crippen molar-refractivity contribution in [3.8, 4) is 0 Å². The van der Waals surface area contributed by atoms with E-state index in [1.54, 1.807) is 0 Å². The summed E-state index contributed by atoms with van der Waals surface area (Å²) < 4.78 is 15.0. The largest absolute Gasteiger partial charge is 0.279 e. The van der Waals surface area contributed by atoms with Crippen molar-refractivity contribution in [1.29, 1.82) is 0 Å². The molecule has 3 nitrogen and oxygen atoms in total. The average molecular weight is 416 g/mol. The van der Waals surface area contributed by atoms with E-state index in [9.17, 15) is 10.1 Å². The van der Waals surface area contributed by atoms with Gasteiger partial charge in [-0.1, -0.05) is 60.7 Å². The number of benzene rings is 4. The first-order valence-corrected chi connectivity index (χ1v) is 11.6. The standard InChI is InChI=1S/C25H20FNO2P/c26-24-17-10-18-25(27(28)29)23(24)19-30(20-11-4-1-5-12-20,21-13-6-2-7-14-21)22-15-8-3-9-16-22/h1-18H,19H2/q+1. The van der Waals surface area contributed by atoms with E-state index in [0.717, 1.165) is 15.9 Å². The quantitative estimate of drug-likeness (QED) is 0.245. The summed E-state index contributed by atoms with van der Waals surface area (Å²) in [7, 11) is -2.41. The van der Waals surface area contributed by atoms with Crippen molar-refractivity contribution in [2.75, 3.05) is 0 Å². The number of nitrogens with zero attached hydrogens (tertiary/aromatic N) is 1. The van der Waals surface area contributed by atoms with Crippen LogP contribution in [0.2, 0.25) is 0 Å². The molecule has 4 rings (SSSR count). The first-order valence-electron chi connectivity index (χ1n) is 9.59. The molecule has 0 aliphatic heterocycles. The smallest absolute Gasteiger partial charge is 0.258 e. The molecule has 0 saturated carbocycles. The van der Waals surface area contributed by atoms with Gasteiger partial charge >= 0.3 is 0 Å². The van der Waals surface area contributed by atoms with Crippen LogP contribution >= 0.6 is 7.26 Å². The summed E-state index contributed by atoms with van der Waals surface area (Å²) in [6, 6.07) is 33.9. The molecule has 4 aromatic rings. The van der Waals surface area contributed by atoms with Gasteiger partial charge in [0, 0.05) is 6.07 Å². The third kappa shape index (κ3) is 3.62. The van der Waals surface area contributed by atoms with E-state index in [1.165, 1.54) is 18.2 Å². The van der Waals surface area contributed by atoms with Crippen molar-refractivity contribution >= 4 is 28.9 Å². The van der Waals surface area contributed by atoms with Gasteiger partial charge in [0.2, 0.25) is 0 Å². The number of nitro groups is 1. The predicted molar refractivity (Wildman–Crippen MR) is 122 cm³/mol. The molecule has 0 spiro atoms. The molecule has 0 bridgehead atoms. The van der Waals surface area contributed by atoms with E-state index < -0.39 is 18.0 Å². The second kappa shape index (κ2) is 8.56. The molecule has 0 atom stereocenters. The van der Waals surface area contributed by atoms with Gasteiger partial charge in [-0.3, -0.25) is 10.1 Å². The van der Waals surface area contributed by atoms with Gasteiger partial charge < -0.3 is 0 Å². The number of rotatable bonds is 6. The van der Waals surface area contributed by atoms with Crippen molar-refractivity contribution in [3.63, 3.8) is 0 Å². The van der Waals surface area contributed by atoms with E-state index >= 15 is 4.39 Å². The second-order valence-corrected chi connectivity index (χ2v) is 10.5.